The zero-order valence-corrected chi connectivity index (χ0v) is 22.7. The molecule has 0 amide bonds. The molecule has 41 heavy (non-hydrogen) atoms. The van der Waals surface area contributed by atoms with E-state index < -0.39 is 17.8 Å². The van der Waals surface area contributed by atoms with Gasteiger partial charge in [-0.1, -0.05) is 30.3 Å². The molecule has 9 heteroatoms. The van der Waals surface area contributed by atoms with E-state index in [4.69, 9.17) is 17.0 Å². The third-order valence-corrected chi connectivity index (χ3v) is 7.38. The van der Waals surface area contributed by atoms with Gasteiger partial charge in [-0.25, -0.2) is 0 Å². The summed E-state index contributed by atoms with van der Waals surface area (Å²) in [6.45, 7) is 1.99. The maximum atomic E-state index is 13.6. The first-order valence-electron chi connectivity index (χ1n) is 13.0. The van der Waals surface area contributed by atoms with E-state index in [-0.39, 0.29) is 6.04 Å². The van der Waals surface area contributed by atoms with Crippen molar-refractivity contribution in [2.45, 2.75) is 25.2 Å². The number of thiocarbonyl (C=S) groups is 1. The highest BCUT2D eigenvalue weighted by atomic mass is 32.1. The Morgan fingerprint density at radius 3 is 2.37 bits per heavy atom. The van der Waals surface area contributed by atoms with Gasteiger partial charge in [-0.2, -0.15) is 13.2 Å². The molecule has 3 aromatic carbocycles. The highest BCUT2D eigenvalue weighted by molar-refractivity contribution is 7.80. The smallest absolute Gasteiger partial charge is 0.416 e. The number of rotatable bonds is 6. The highest BCUT2D eigenvalue weighted by Crippen LogP contribution is 2.43. The van der Waals surface area contributed by atoms with E-state index in [1.54, 1.807) is 23.0 Å². The quantitative estimate of drug-likeness (QED) is 0.209. The van der Waals surface area contributed by atoms with Gasteiger partial charge in [0.2, 0.25) is 0 Å². The van der Waals surface area contributed by atoms with Crippen LogP contribution in [0.2, 0.25) is 0 Å². The largest absolute Gasteiger partial charge is 0.457 e. The molecule has 1 aliphatic heterocycles. The van der Waals surface area contributed by atoms with Crippen molar-refractivity contribution in [3.8, 4) is 17.2 Å². The molecule has 0 saturated carbocycles. The van der Waals surface area contributed by atoms with Gasteiger partial charge in [0.1, 0.15) is 17.5 Å². The van der Waals surface area contributed by atoms with Crippen LogP contribution in [0.15, 0.2) is 116 Å². The van der Waals surface area contributed by atoms with Gasteiger partial charge in [-0.15, -0.1) is 0 Å². The van der Waals surface area contributed by atoms with Gasteiger partial charge in [0.25, 0.3) is 0 Å². The average Bonchev–Trinajstić information content (AvgIpc) is 3.59. The van der Waals surface area contributed by atoms with Gasteiger partial charge < -0.3 is 19.5 Å². The van der Waals surface area contributed by atoms with Crippen molar-refractivity contribution in [1.29, 1.82) is 0 Å². The Kier molecular flexibility index (Phi) is 6.96. The Morgan fingerprint density at radius 2 is 1.63 bits per heavy atom. The fourth-order valence-electron chi connectivity index (χ4n) is 5.11. The van der Waals surface area contributed by atoms with Gasteiger partial charge in [0, 0.05) is 29.5 Å². The molecule has 0 aliphatic carbocycles. The summed E-state index contributed by atoms with van der Waals surface area (Å²) < 4.78 is 48.5. The Hall–Kier alpha value is -4.63. The van der Waals surface area contributed by atoms with E-state index >= 15 is 0 Å². The molecule has 6 rings (SSSR count). The van der Waals surface area contributed by atoms with Crippen molar-refractivity contribution in [1.82, 2.24) is 14.9 Å². The molecule has 1 saturated heterocycles. The molecule has 1 aliphatic rings. The van der Waals surface area contributed by atoms with Crippen molar-refractivity contribution in [2.75, 3.05) is 4.90 Å². The minimum atomic E-state index is -4.45. The van der Waals surface area contributed by atoms with E-state index in [1.165, 1.54) is 6.07 Å². The summed E-state index contributed by atoms with van der Waals surface area (Å²) in [4.78, 5) is 6.55. The van der Waals surface area contributed by atoms with Crippen LogP contribution < -0.4 is 15.0 Å². The SMILES string of the molecule is Cc1ccccc1Oc1ccc(N2C(=S)N[C@H](c3ccccn3)[C@@H]2c2cccn2-c2cccc(C(F)(F)F)c2)cc1. The molecule has 1 fully saturated rings. The van der Waals surface area contributed by atoms with Crippen molar-refractivity contribution in [3.63, 3.8) is 0 Å². The van der Waals surface area contributed by atoms with Crippen LogP contribution in [0.25, 0.3) is 5.69 Å². The first kappa shape index (κ1) is 26.6. The number of para-hydroxylation sites is 1. The van der Waals surface area contributed by atoms with Crippen LogP contribution in [0.3, 0.4) is 0 Å². The number of nitrogens with one attached hydrogen (secondary N) is 1. The molecule has 5 aromatic rings. The number of hydrogen-bond donors (Lipinski definition) is 1. The number of ether oxygens (including phenoxy) is 1. The monoisotopic (exact) mass is 570 g/mol. The third kappa shape index (κ3) is 5.28. The molecule has 206 valence electrons. The van der Waals surface area contributed by atoms with Crippen LogP contribution in [0.5, 0.6) is 11.5 Å². The second kappa shape index (κ2) is 10.7. The van der Waals surface area contributed by atoms with E-state index in [0.717, 1.165) is 40.5 Å². The van der Waals surface area contributed by atoms with Gasteiger partial charge >= 0.3 is 6.18 Å². The number of hydrogen-bond acceptors (Lipinski definition) is 3. The van der Waals surface area contributed by atoms with Gasteiger partial charge in [0.15, 0.2) is 5.11 Å². The summed E-state index contributed by atoms with van der Waals surface area (Å²) in [5.41, 5.74) is 3.04. The Bertz CT molecular complexity index is 1690. The summed E-state index contributed by atoms with van der Waals surface area (Å²) in [7, 11) is 0. The lowest BCUT2D eigenvalue weighted by Crippen LogP contribution is -2.30. The summed E-state index contributed by atoms with van der Waals surface area (Å²) in [6, 6.07) is 29.3. The first-order valence-corrected chi connectivity index (χ1v) is 13.4. The molecule has 3 heterocycles. The Labute approximate surface area is 240 Å². The molecule has 0 radical (unpaired) electrons. The number of nitrogens with zero attached hydrogens (tertiary/aromatic N) is 3. The van der Waals surface area contributed by atoms with E-state index in [1.807, 2.05) is 90.7 Å². The number of benzene rings is 3. The van der Waals surface area contributed by atoms with Crippen LogP contribution in [-0.2, 0) is 6.18 Å². The number of anilines is 1. The lowest BCUT2D eigenvalue weighted by atomic mass is 10.0. The molecule has 0 spiro atoms. The minimum absolute atomic E-state index is 0.356. The van der Waals surface area contributed by atoms with Crippen LogP contribution in [0.4, 0.5) is 18.9 Å². The van der Waals surface area contributed by atoms with Crippen LogP contribution >= 0.6 is 12.2 Å². The van der Waals surface area contributed by atoms with Gasteiger partial charge in [-0.3, -0.25) is 4.98 Å². The maximum Gasteiger partial charge on any atom is 0.416 e. The molecule has 5 nitrogen and oxygen atoms in total. The lowest BCUT2D eigenvalue weighted by molar-refractivity contribution is -0.137. The molecule has 0 unspecified atom stereocenters. The number of aromatic nitrogens is 2. The minimum Gasteiger partial charge on any atom is -0.457 e. The zero-order valence-electron chi connectivity index (χ0n) is 21.9. The zero-order chi connectivity index (χ0) is 28.6. The van der Waals surface area contributed by atoms with Crippen LogP contribution in [-0.4, -0.2) is 14.7 Å². The van der Waals surface area contributed by atoms with Crippen LogP contribution in [0, 0.1) is 6.92 Å². The topological polar surface area (TPSA) is 42.3 Å². The summed E-state index contributed by atoms with van der Waals surface area (Å²) in [6.07, 6.45) is -0.979. The number of halogens is 3. The summed E-state index contributed by atoms with van der Waals surface area (Å²) in [5.74, 6) is 1.44. The molecule has 1 N–H and O–H groups in total. The second-order valence-corrected chi connectivity index (χ2v) is 10.1. The predicted molar refractivity (Wildman–Crippen MR) is 156 cm³/mol. The first-order chi connectivity index (χ1) is 19.8. The fraction of sp³-hybridized carbons (Fsp3) is 0.125. The van der Waals surface area contributed by atoms with Gasteiger partial charge in [0.05, 0.1) is 17.3 Å². The van der Waals surface area contributed by atoms with Crippen molar-refractivity contribution >= 4 is 23.0 Å². The number of aryl methyl sites for hydroxylation is 1. The summed E-state index contributed by atoms with van der Waals surface area (Å²) in [5, 5.41) is 3.89. The normalized spacial score (nSPS) is 17.0. The third-order valence-electron chi connectivity index (χ3n) is 7.07. The number of alkyl halides is 3. The fourth-order valence-corrected chi connectivity index (χ4v) is 5.45. The van der Waals surface area contributed by atoms with E-state index in [9.17, 15) is 13.2 Å². The Balaban J connectivity index is 1.41. The van der Waals surface area contributed by atoms with Gasteiger partial charge in [-0.05, 0) is 97.5 Å². The number of pyridine rings is 1. The standard InChI is InChI=1S/C32H25F3N4OS/c1-21-8-2-3-13-28(21)40-25-16-14-23(15-17-25)39-30(29(37-31(39)41)26-11-4-5-18-36-26)27-12-7-19-38(27)24-10-6-9-22(20-24)32(33,34)35/h2-20,29-30H,1H3,(H,37,41)/t29-,30+/m1/s1. The maximum absolute atomic E-state index is 13.6. The average molecular weight is 571 g/mol. The molecule has 2 atom stereocenters. The van der Waals surface area contributed by atoms with Crippen molar-refractivity contribution in [3.05, 3.63) is 138 Å². The lowest BCUT2D eigenvalue weighted by Gasteiger charge is -2.29. The molecule has 2 aromatic heterocycles. The highest BCUT2D eigenvalue weighted by Gasteiger charge is 2.42. The molecule has 0 bridgehead atoms. The van der Waals surface area contributed by atoms with Crippen LogP contribution in [0.1, 0.15) is 34.6 Å². The van der Waals surface area contributed by atoms with Crippen molar-refractivity contribution < 1.29 is 17.9 Å². The summed E-state index contributed by atoms with van der Waals surface area (Å²) >= 11 is 5.83. The van der Waals surface area contributed by atoms with Crippen molar-refractivity contribution in [2.24, 2.45) is 0 Å². The van der Waals surface area contributed by atoms with E-state index in [0.29, 0.717) is 16.5 Å². The Morgan fingerprint density at radius 1 is 0.854 bits per heavy atom. The molecular weight excluding hydrogens is 545 g/mol. The second-order valence-electron chi connectivity index (χ2n) is 9.71. The molecular formula is C32H25F3N4OS. The van der Waals surface area contributed by atoms with E-state index in [2.05, 4.69) is 10.3 Å². The predicted octanol–water partition coefficient (Wildman–Crippen LogP) is 8.17.